The van der Waals surface area contributed by atoms with Crippen LogP contribution in [-0.4, -0.2) is 49.0 Å². The molecule has 30 heavy (non-hydrogen) atoms. The van der Waals surface area contributed by atoms with E-state index in [-0.39, 0.29) is 12.3 Å². The predicted octanol–water partition coefficient (Wildman–Crippen LogP) is 3.79. The monoisotopic (exact) mass is 441 g/mol. The minimum atomic E-state index is -0.127. The van der Waals surface area contributed by atoms with Crippen LogP contribution in [0.5, 0.6) is 0 Å². The number of nitrogens with one attached hydrogen (secondary N) is 1. The van der Waals surface area contributed by atoms with Crippen LogP contribution in [0.2, 0.25) is 5.02 Å². The first kappa shape index (κ1) is 20.9. The Bertz CT molecular complexity index is 1070. The second-order valence-electron chi connectivity index (χ2n) is 7.46. The third-order valence-electron chi connectivity index (χ3n) is 5.33. The topological polar surface area (TPSA) is 74.5 Å². The second kappa shape index (κ2) is 9.22. The maximum absolute atomic E-state index is 12.5. The van der Waals surface area contributed by atoms with E-state index in [1.807, 2.05) is 36.5 Å². The molecular formula is C22H24ClN5OS. The molecule has 0 radical (unpaired) electrons. The maximum atomic E-state index is 12.5. The Labute approximate surface area is 185 Å². The minimum Gasteiger partial charge on any atom is -0.354 e. The first-order chi connectivity index (χ1) is 14.5. The summed E-state index contributed by atoms with van der Waals surface area (Å²) in [6, 6.07) is 13.3. The van der Waals surface area contributed by atoms with Crippen molar-refractivity contribution in [2.24, 2.45) is 5.14 Å². The Hall–Kier alpha value is -2.32. The number of carbonyl (C=O) groups excluding carboxylic acids is 1. The number of carbonyl (C=O) groups is 1. The van der Waals surface area contributed by atoms with Crippen LogP contribution >= 0.6 is 23.5 Å². The Morgan fingerprint density at radius 1 is 1.20 bits per heavy atom. The molecule has 1 aliphatic heterocycles. The molecule has 6 nitrogen and oxygen atoms in total. The molecule has 0 aliphatic carbocycles. The van der Waals surface area contributed by atoms with Crippen molar-refractivity contribution in [2.45, 2.75) is 11.3 Å². The van der Waals surface area contributed by atoms with E-state index in [9.17, 15) is 4.79 Å². The van der Waals surface area contributed by atoms with Crippen molar-refractivity contribution >= 4 is 51.7 Å². The van der Waals surface area contributed by atoms with Gasteiger partial charge in [0, 0.05) is 58.8 Å². The van der Waals surface area contributed by atoms with Gasteiger partial charge in [0.05, 0.1) is 6.42 Å². The molecule has 2 heterocycles. The molecule has 8 heteroatoms. The van der Waals surface area contributed by atoms with Gasteiger partial charge in [0.25, 0.3) is 0 Å². The summed E-state index contributed by atoms with van der Waals surface area (Å²) in [5.41, 5.74) is 1.49. The third kappa shape index (κ3) is 4.70. The number of rotatable bonds is 5. The number of nitrogens with two attached hydrogens (primary N) is 1. The van der Waals surface area contributed by atoms with Gasteiger partial charge in [0.1, 0.15) is 5.82 Å². The average molecular weight is 442 g/mol. The molecule has 4 rings (SSSR count). The summed E-state index contributed by atoms with van der Waals surface area (Å²) in [5.74, 6) is 0.832. The number of fused-ring (bicyclic) bond motifs is 1. The Balaban J connectivity index is 1.56. The van der Waals surface area contributed by atoms with Crippen molar-refractivity contribution in [3.63, 3.8) is 0 Å². The fourth-order valence-corrected chi connectivity index (χ4v) is 4.31. The Morgan fingerprint density at radius 2 is 1.97 bits per heavy atom. The molecule has 1 saturated heterocycles. The standard InChI is InChI=1S/C22H24ClN5OS/c1-27-6-8-28(9-7-27)21-13-18-16(14-25-21)10-17(12-20(18)30-24)26-22(29)11-15-4-2-3-5-19(15)23/h2-5,10,12-14H,6-9,11,24H2,1H3,(H,26,29). The van der Waals surface area contributed by atoms with E-state index >= 15 is 0 Å². The van der Waals surface area contributed by atoms with Crippen LogP contribution in [0.4, 0.5) is 11.5 Å². The summed E-state index contributed by atoms with van der Waals surface area (Å²) in [6.45, 7) is 3.95. The summed E-state index contributed by atoms with van der Waals surface area (Å²) in [6.07, 6.45) is 2.07. The number of benzene rings is 2. The highest BCUT2D eigenvalue weighted by atomic mass is 35.5. The van der Waals surface area contributed by atoms with Gasteiger partial charge in [-0.3, -0.25) is 9.93 Å². The van der Waals surface area contributed by atoms with Gasteiger partial charge in [-0.15, -0.1) is 0 Å². The smallest absolute Gasteiger partial charge is 0.228 e. The maximum Gasteiger partial charge on any atom is 0.228 e. The first-order valence-corrected chi connectivity index (χ1v) is 11.1. The van der Waals surface area contributed by atoms with Gasteiger partial charge in [-0.1, -0.05) is 29.8 Å². The van der Waals surface area contributed by atoms with Gasteiger partial charge in [0.2, 0.25) is 5.91 Å². The summed E-state index contributed by atoms with van der Waals surface area (Å²) < 4.78 is 0. The molecule has 1 amide bonds. The number of hydrogen-bond acceptors (Lipinski definition) is 6. The fourth-order valence-electron chi connectivity index (χ4n) is 3.61. The molecule has 0 unspecified atom stereocenters. The number of aromatic nitrogens is 1. The normalized spacial score (nSPS) is 14.8. The minimum absolute atomic E-state index is 0.127. The van der Waals surface area contributed by atoms with Crippen molar-refractivity contribution in [1.29, 1.82) is 0 Å². The molecule has 2 aromatic carbocycles. The average Bonchev–Trinajstić information content (AvgIpc) is 2.75. The lowest BCUT2D eigenvalue weighted by Gasteiger charge is -2.33. The van der Waals surface area contributed by atoms with Gasteiger partial charge in [0.15, 0.2) is 0 Å². The highest BCUT2D eigenvalue weighted by Gasteiger charge is 2.17. The lowest BCUT2D eigenvalue weighted by atomic mass is 10.1. The molecule has 3 N–H and O–H groups in total. The molecule has 0 bridgehead atoms. The highest BCUT2D eigenvalue weighted by molar-refractivity contribution is 7.97. The fraction of sp³-hybridized carbons (Fsp3) is 0.273. The van der Waals surface area contributed by atoms with Crippen molar-refractivity contribution < 1.29 is 4.79 Å². The van der Waals surface area contributed by atoms with Crippen LogP contribution in [0.15, 0.2) is 53.6 Å². The largest absolute Gasteiger partial charge is 0.354 e. The number of anilines is 2. The summed E-state index contributed by atoms with van der Waals surface area (Å²) >= 11 is 7.34. The Morgan fingerprint density at radius 3 is 2.70 bits per heavy atom. The zero-order valence-corrected chi connectivity index (χ0v) is 18.3. The van der Waals surface area contributed by atoms with Gasteiger partial charge >= 0.3 is 0 Å². The van der Waals surface area contributed by atoms with Crippen LogP contribution in [0.25, 0.3) is 10.8 Å². The molecule has 156 valence electrons. The molecule has 0 atom stereocenters. The Kier molecular flexibility index (Phi) is 6.43. The molecule has 0 spiro atoms. The van der Waals surface area contributed by atoms with Crippen molar-refractivity contribution in [2.75, 3.05) is 43.4 Å². The number of likely N-dealkylation sites (N-methyl/N-ethyl adjacent to an activating group) is 1. The highest BCUT2D eigenvalue weighted by Crippen LogP contribution is 2.31. The van der Waals surface area contributed by atoms with Gasteiger partial charge in [-0.2, -0.15) is 0 Å². The van der Waals surface area contributed by atoms with Crippen LogP contribution in [0, 0.1) is 0 Å². The van der Waals surface area contributed by atoms with Crippen LogP contribution in [0.3, 0.4) is 0 Å². The van der Waals surface area contributed by atoms with E-state index in [2.05, 4.69) is 33.2 Å². The number of halogens is 1. The lowest BCUT2D eigenvalue weighted by molar-refractivity contribution is -0.115. The van der Waals surface area contributed by atoms with Gasteiger partial charge in [-0.05, 0) is 48.8 Å². The summed E-state index contributed by atoms with van der Waals surface area (Å²) in [7, 11) is 2.13. The predicted molar refractivity (Wildman–Crippen MR) is 125 cm³/mol. The number of piperazine rings is 1. The number of pyridine rings is 1. The second-order valence-corrected chi connectivity index (χ2v) is 8.55. The van der Waals surface area contributed by atoms with E-state index in [0.29, 0.717) is 10.7 Å². The van der Waals surface area contributed by atoms with E-state index in [1.165, 1.54) is 11.9 Å². The molecule has 1 aromatic heterocycles. The summed E-state index contributed by atoms with van der Waals surface area (Å²) in [5, 5.41) is 11.5. The zero-order valence-electron chi connectivity index (χ0n) is 16.8. The first-order valence-electron chi connectivity index (χ1n) is 9.81. The third-order valence-corrected chi connectivity index (χ3v) is 6.29. The van der Waals surface area contributed by atoms with Crippen LogP contribution in [0.1, 0.15) is 5.56 Å². The quantitative estimate of drug-likeness (QED) is 0.587. The van der Waals surface area contributed by atoms with Crippen molar-refractivity contribution in [1.82, 2.24) is 9.88 Å². The van der Waals surface area contributed by atoms with Crippen LogP contribution < -0.4 is 15.4 Å². The van der Waals surface area contributed by atoms with E-state index in [0.717, 1.165) is 53.2 Å². The van der Waals surface area contributed by atoms with E-state index in [1.54, 1.807) is 6.07 Å². The van der Waals surface area contributed by atoms with Crippen molar-refractivity contribution in [3.05, 3.63) is 59.2 Å². The number of hydrogen-bond donors (Lipinski definition) is 2. The number of amides is 1. The molecule has 3 aromatic rings. The lowest BCUT2D eigenvalue weighted by Crippen LogP contribution is -2.44. The number of nitrogens with zero attached hydrogens (tertiary/aromatic N) is 3. The van der Waals surface area contributed by atoms with Gasteiger partial charge in [-0.25, -0.2) is 4.98 Å². The summed E-state index contributed by atoms with van der Waals surface area (Å²) in [4.78, 5) is 22.7. The molecular weight excluding hydrogens is 418 g/mol. The van der Waals surface area contributed by atoms with E-state index < -0.39 is 0 Å². The van der Waals surface area contributed by atoms with Crippen LogP contribution in [-0.2, 0) is 11.2 Å². The van der Waals surface area contributed by atoms with Crippen molar-refractivity contribution in [3.8, 4) is 0 Å². The molecule has 0 saturated carbocycles. The van der Waals surface area contributed by atoms with Gasteiger partial charge < -0.3 is 15.1 Å². The zero-order chi connectivity index (χ0) is 21.1. The molecule has 1 aliphatic rings. The van der Waals surface area contributed by atoms with E-state index in [4.69, 9.17) is 16.7 Å². The molecule has 1 fully saturated rings. The SMILES string of the molecule is CN1CCN(c2cc3c(SN)cc(NC(=O)Cc4ccccc4Cl)cc3cn2)CC1.